The number of hydrogen-bond donors (Lipinski definition) is 2. The summed E-state index contributed by atoms with van der Waals surface area (Å²) in [5, 5.41) is 4.28. The molecule has 1 aromatic heterocycles. The van der Waals surface area contributed by atoms with Crippen LogP contribution in [0.25, 0.3) is 10.9 Å². The van der Waals surface area contributed by atoms with Crippen molar-refractivity contribution in [2.45, 2.75) is 0 Å². The summed E-state index contributed by atoms with van der Waals surface area (Å²) >= 11 is 5.80. The molecule has 1 aromatic carbocycles. The number of H-pyrrole nitrogens is 1. The molecule has 0 aliphatic carbocycles. The molecule has 0 radical (unpaired) electrons. The third-order valence-corrected chi connectivity index (χ3v) is 2.16. The van der Waals surface area contributed by atoms with Gasteiger partial charge in [-0.2, -0.15) is 4.98 Å². The first-order chi connectivity index (χ1) is 6.70. The van der Waals surface area contributed by atoms with E-state index in [2.05, 4.69) is 15.3 Å². The second-order valence-corrected chi connectivity index (χ2v) is 3.27. The topological polar surface area (TPSA) is 57.8 Å². The molecule has 0 fully saturated rings. The highest BCUT2D eigenvalue weighted by molar-refractivity contribution is 6.31. The second kappa shape index (κ2) is 3.31. The Morgan fingerprint density at radius 1 is 1.50 bits per heavy atom. The highest BCUT2D eigenvalue weighted by Gasteiger charge is 2.03. The molecule has 1 heterocycles. The number of nitrogens with zero attached hydrogens (tertiary/aromatic N) is 1. The van der Waals surface area contributed by atoms with E-state index in [0.29, 0.717) is 16.4 Å². The van der Waals surface area contributed by atoms with Crippen LogP contribution in [0, 0.1) is 0 Å². The SMILES string of the molecule is CNc1nc(=O)[nH]c2cc(Cl)ccc12. The monoisotopic (exact) mass is 209 g/mol. The van der Waals surface area contributed by atoms with E-state index in [9.17, 15) is 4.79 Å². The number of aromatic amines is 1. The largest absolute Gasteiger partial charge is 0.372 e. The maximum absolute atomic E-state index is 11.1. The zero-order valence-corrected chi connectivity index (χ0v) is 8.22. The van der Waals surface area contributed by atoms with Crippen molar-refractivity contribution in [3.8, 4) is 0 Å². The lowest BCUT2D eigenvalue weighted by molar-refractivity contribution is 1.12. The minimum absolute atomic E-state index is 0.385. The van der Waals surface area contributed by atoms with Gasteiger partial charge in [0.05, 0.1) is 5.52 Å². The van der Waals surface area contributed by atoms with Crippen LogP contribution in [-0.2, 0) is 0 Å². The first kappa shape index (κ1) is 9.02. The third kappa shape index (κ3) is 1.44. The zero-order valence-electron chi connectivity index (χ0n) is 7.47. The fraction of sp³-hybridized carbons (Fsp3) is 0.111. The number of rotatable bonds is 1. The van der Waals surface area contributed by atoms with Crippen LogP contribution in [0.5, 0.6) is 0 Å². The van der Waals surface area contributed by atoms with E-state index in [0.717, 1.165) is 5.39 Å². The highest BCUT2D eigenvalue weighted by Crippen LogP contribution is 2.20. The Kier molecular flexibility index (Phi) is 2.13. The van der Waals surface area contributed by atoms with Gasteiger partial charge in [0.25, 0.3) is 0 Å². The third-order valence-electron chi connectivity index (χ3n) is 1.93. The number of halogens is 1. The van der Waals surface area contributed by atoms with E-state index in [1.54, 1.807) is 19.2 Å². The average molecular weight is 210 g/mol. The summed E-state index contributed by atoms with van der Waals surface area (Å²) in [5.74, 6) is 0.556. The lowest BCUT2D eigenvalue weighted by Gasteiger charge is -2.03. The molecule has 14 heavy (non-hydrogen) atoms. The number of fused-ring (bicyclic) bond motifs is 1. The van der Waals surface area contributed by atoms with Gasteiger partial charge in [-0.15, -0.1) is 0 Å². The summed E-state index contributed by atoms with van der Waals surface area (Å²) in [6.07, 6.45) is 0. The van der Waals surface area contributed by atoms with Crippen LogP contribution in [0.3, 0.4) is 0 Å². The number of hydrogen-bond acceptors (Lipinski definition) is 3. The summed E-state index contributed by atoms with van der Waals surface area (Å²) in [6.45, 7) is 0. The van der Waals surface area contributed by atoms with Crippen molar-refractivity contribution < 1.29 is 0 Å². The van der Waals surface area contributed by atoms with Crippen LogP contribution < -0.4 is 11.0 Å². The molecule has 0 atom stereocenters. The van der Waals surface area contributed by atoms with Crippen molar-refractivity contribution in [3.05, 3.63) is 33.7 Å². The summed E-state index contributed by atoms with van der Waals surface area (Å²) in [5.41, 5.74) is 0.297. The summed E-state index contributed by atoms with van der Waals surface area (Å²) in [4.78, 5) is 17.5. The minimum Gasteiger partial charge on any atom is -0.372 e. The first-order valence-electron chi connectivity index (χ1n) is 4.08. The number of aromatic nitrogens is 2. The van der Waals surface area contributed by atoms with Gasteiger partial charge in [-0.3, -0.25) is 0 Å². The lowest BCUT2D eigenvalue weighted by Crippen LogP contribution is -2.12. The summed E-state index contributed by atoms with van der Waals surface area (Å²) in [6, 6.07) is 5.26. The van der Waals surface area contributed by atoms with E-state index in [1.165, 1.54) is 0 Å². The van der Waals surface area contributed by atoms with Crippen molar-refractivity contribution in [1.29, 1.82) is 0 Å². The second-order valence-electron chi connectivity index (χ2n) is 2.83. The van der Waals surface area contributed by atoms with E-state index >= 15 is 0 Å². The van der Waals surface area contributed by atoms with E-state index in [-0.39, 0.29) is 5.69 Å². The van der Waals surface area contributed by atoms with Crippen molar-refractivity contribution >= 4 is 28.3 Å². The Morgan fingerprint density at radius 3 is 3.00 bits per heavy atom. The normalized spacial score (nSPS) is 10.4. The van der Waals surface area contributed by atoms with Gasteiger partial charge >= 0.3 is 5.69 Å². The Morgan fingerprint density at radius 2 is 2.29 bits per heavy atom. The molecule has 0 saturated carbocycles. The van der Waals surface area contributed by atoms with Crippen LogP contribution in [0.1, 0.15) is 0 Å². The highest BCUT2D eigenvalue weighted by atomic mass is 35.5. The van der Waals surface area contributed by atoms with Gasteiger partial charge in [0, 0.05) is 17.5 Å². The van der Waals surface area contributed by atoms with Gasteiger partial charge in [0.1, 0.15) is 5.82 Å². The average Bonchev–Trinajstić information content (AvgIpc) is 2.15. The Bertz CT molecular complexity index is 535. The zero-order chi connectivity index (χ0) is 10.1. The predicted octanol–water partition coefficient (Wildman–Crippen LogP) is 1.62. The van der Waals surface area contributed by atoms with E-state index < -0.39 is 0 Å². The molecule has 0 spiro atoms. The maximum atomic E-state index is 11.1. The smallest absolute Gasteiger partial charge is 0.347 e. The Balaban J connectivity index is 2.87. The fourth-order valence-corrected chi connectivity index (χ4v) is 1.49. The molecular weight excluding hydrogens is 202 g/mol. The van der Waals surface area contributed by atoms with Crippen LogP contribution >= 0.6 is 11.6 Å². The van der Waals surface area contributed by atoms with Crippen LogP contribution in [0.2, 0.25) is 5.02 Å². The standard InChI is InChI=1S/C9H8ClN3O/c1-11-8-6-3-2-5(10)4-7(6)12-9(14)13-8/h2-4H,1H3,(H2,11,12,13,14). The van der Waals surface area contributed by atoms with E-state index in [4.69, 9.17) is 11.6 Å². The van der Waals surface area contributed by atoms with Crippen molar-refractivity contribution in [2.24, 2.45) is 0 Å². The number of anilines is 1. The molecule has 4 nitrogen and oxygen atoms in total. The molecule has 72 valence electrons. The predicted molar refractivity (Wildman–Crippen MR) is 56.9 cm³/mol. The quantitative estimate of drug-likeness (QED) is 0.751. The van der Waals surface area contributed by atoms with Crippen LogP contribution in [0.4, 0.5) is 5.82 Å². The Hall–Kier alpha value is -1.55. The number of benzene rings is 1. The Labute approximate surface area is 84.9 Å². The minimum atomic E-state index is -0.385. The van der Waals surface area contributed by atoms with Gasteiger partial charge in [-0.25, -0.2) is 4.79 Å². The van der Waals surface area contributed by atoms with Crippen LogP contribution in [0.15, 0.2) is 23.0 Å². The molecule has 0 unspecified atom stereocenters. The fourth-order valence-electron chi connectivity index (χ4n) is 1.32. The molecule has 0 amide bonds. The molecule has 0 aliphatic heterocycles. The van der Waals surface area contributed by atoms with E-state index in [1.807, 2.05) is 6.07 Å². The van der Waals surface area contributed by atoms with Gasteiger partial charge in [-0.05, 0) is 18.2 Å². The summed E-state index contributed by atoms with van der Waals surface area (Å²) < 4.78 is 0. The molecule has 5 heteroatoms. The molecule has 2 rings (SSSR count). The van der Waals surface area contributed by atoms with Gasteiger partial charge in [0.2, 0.25) is 0 Å². The molecular formula is C9H8ClN3O. The number of nitrogens with one attached hydrogen (secondary N) is 2. The molecule has 0 aliphatic rings. The molecule has 0 bridgehead atoms. The van der Waals surface area contributed by atoms with Crippen molar-refractivity contribution in [1.82, 2.24) is 9.97 Å². The lowest BCUT2D eigenvalue weighted by atomic mass is 10.2. The summed E-state index contributed by atoms with van der Waals surface area (Å²) in [7, 11) is 1.72. The van der Waals surface area contributed by atoms with Gasteiger partial charge in [-0.1, -0.05) is 11.6 Å². The van der Waals surface area contributed by atoms with Gasteiger partial charge < -0.3 is 10.3 Å². The maximum Gasteiger partial charge on any atom is 0.347 e. The van der Waals surface area contributed by atoms with Gasteiger partial charge in [0.15, 0.2) is 0 Å². The van der Waals surface area contributed by atoms with Crippen molar-refractivity contribution in [3.63, 3.8) is 0 Å². The molecule has 2 aromatic rings. The first-order valence-corrected chi connectivity index (χ1v) is 4.46. The van der Waals surface area contributed by atoms with Crippen LogP contribution in [-0.4, -0.2) is 17.0 Å². The van der Waals surface area contributed by atoms with Crippen molar-refractivity contribution in [2.75, 3.05) is 12.4 Å². The molecule has 2 N–H and O–H groups in total. The molecule has 0 saturated heterocycles.